The van der Waals surface area contributed by atoms with E-state index >= 15 is 0 Å². The van der Waals surface area contributed by atoms with E-state index in [0.29, 0.717) is 27.7 Å². The smallest absolute Gasteiger partial charge is 0.252 e. The highest BCUT2D eigenvalue weighted by molar-refractivity contribution is 6.35. The summed E-state index contributed by atoms with van der Waals surface area (Å²) < 4.78 is 1.43. The Hall–Kier alpha value is -1.82. The third-order valence-electron chi connectivity index (χ3n) is 3.70. The Morgan fingerprint density at radius 2 is 1.84 bits per heavy atom. The van der Waals surface area contributed by atoms with Gasteiger partial charge >= 0.3 is 0 Å². The predicted molar refractivity (Wildman–Crippen MR) is 102 cm³/mol. The van der Waals surface area contributed by atoms with Crippen molar-refractivity contribution in [3.8, 4) is 0 Å². The molecule has 1 heterocycles. The van der Waals surface area contributed by atoms with Crippen molar-refractivity contribution >= 4 is 29.1 Å². The van der Waals surface area contributed by atoms with Gasteiger partial charge in [-0.15, -0.1) is 0 Å². The minimum atomic E-state index is -0.222. The van der Waals surface area contributed by atoms with Gasteiger partial charge in [-0.1, -0.05) is 29.3 Å². The zero-order valence-electron chi connectivity index (χ0n) is 14.3. The van der Waals surface area contributed by atoms with Gasteiger partial charge < -0.3 is 14.8 Å². The van der Waals surface area contributed by atoms with Crippen molar-refractivity contribution in [2.24, 2.45) is 0 Å². The lowest BCUT2D eigenvalue weighted by Gasteiger charge is -2.12. The molecule has 1 N–H and O–H groups in total. The van der Waals surface area contributed by atoms with Crippen LogP contribution in [0.3, 0.4) is 0 Å². The Morgan fingerprint density at radius 3 is 2.48 bits per heavy atom. The van der Waals surface area contributed by atoms with E-state index in [1.54, 1.807) is 18.2 Å². The fourth-order valence-electron chi connectivity index (χ4n) is 2.34. The standard InChI is InChI=1S/C18H21Cl2N3O2/c1-22(2)10-4-9-21-18(25)13-7-8-17(24)23(11-13)12-14-15(19)5-3-6-16(14)20/h3,5-8,11H,4,9-10,12H2,1-2H3,(H,21,25). The van der Waals surface area contributed by atoms with Gasteiger partial charge in [-0.25, -0.2) is 0 Å². The second-order valence-electron chi connectivity index (χ2n) is 6.00. The molecule has 0 fully saturated rings. The number of nitrogens with zero attached hydrogens (tertiary/aromatic N) is 2. The topological polar surface area (TPSA) is 54.3 Å². The average molecular weight is 382 g/mol. The van der Waals surface area contributed by atoms with Crippen LogP contribution in [0.5, 0.6) is 0 Å². The highest BCUT2D eigenvalue weighted by Crippen LogP contribution is 2.24. The SMILES string of the molecule is CN(C)CCCNC(=O)c1ccc(=O)n(Cc2c(Cl)cccc2Cl)c1. The van der Waals surface area contributed by atoms with E-state index in [-0.39, 0.29) is 18.0 Å². The van der Waals surface area contributed by atoms with Crippen LogP contribution < -0.4 is 10.9 Å². The summed E-state index contributed by atoms with van der Waals surface area (Å²) in [5, 5.41) is 3.82. The largest absolute Gasteiger partial charge is 0.352 e. The van der Waals surface area contributed by atoms with Gasteiger partial charge in [0.25, 0.3) is 11.5 Å². The Morgan fingerprint density at radius 1 is 1.16 bits per heavy atom. The molecule has 1 amide bonds. The van der Waals surface area contributed by atoms with Crippen LogP contribution in [0, 0.1) is 0 Å². The molecule has 25 heavy (non-hydrogen) atoms. The lowest BCUT2D eigenvalue weighted by Crippen LogP contribution is -2.29. The summed E-state index contributed by atoms with van der Waals surface area (Å²) in [6.45, 7) is 1.68. The van der Waals surface area contributed by atoms with Gasteiger partial charge in [-0.2, -0.15) is 0 Å². The van der Waals surface area contributed by atoms with Gasteiger partial charge in [-0.3, -0.25) is 9.59 Å². The molecule has 0 bridgehead atoms. The fraction of sp³-hybridized carbons (Fsp3) is 0.333. The number of pyridine rings is 1. The number of hydrogen-bond acceptors (Lipinski definition) is 3. The van der Waals surface area contributed by atoms with E-state index in [2.05, 4.69) is 10.2 Å². The Bertz CT molecular complexity index is 783. The van der Waals surface area contributed by atoms with E-state index in [1.807, 2.05) is 14.1 Å². The number of carbonyl (C=O) groups excluding carboxylic acids is 1. The first-order valence-electron chi connectivity index (χ1n) is 7.95. The molecule has 0 aliphatic rings. The number of benzene rings is 1. The molecule has 0 saturated heterocycles. The fourth-order valence-corrected chi connectivity index (χ4v) is 2.86. The highest BCUT2D eigenvalue weighted by Gasteiger charge is 2.10. The number of nitrogens with one attached hydrogen (secondary N) is 1. The molecular formula is C18H21Cl2N3O2. The van der Waals surface area contributed by atoms with Crippen LogP contribution in [-0.2, 0) is 6.54 Å². The number of carbonyl (C=O) groups is 1. The lowest BCUT2D eigenvalue weighted by atomic mass is 10.2. The molecule has 7 heteroatoms. The van der Waals surface area contributed by atoms with Crippen molar-refractivity contribution in [1.29, 1.82) is 0 Å². The summed E-state index contributed by atoms with van der Waals surface area (Å²) in [7, 11) is 3.97. The molecule has 1 aromatic carbocycles. The first-order chi connectivity index (χ1) is 11.9. The summed E-state index contributed by atoms with van der Waals surface area (Å²) in [5.41, 5.74) is 0.851. The van der Waals surface area contributed by atoms with E-state index in [1.165, 1.54) is 22.9 Å². The maximum Gasteiger partial charge on any atom is 0.252 e. The summed E-state index contributed by atoms with van der Waals surface area (Å²) >= 11 is 12.3. The predicted octanol–water partition coefficient (Wildman–Crippen LogP) is 2.88. The summed E-state index contributed by atoms with van der Waals surface area (Å²) in [5.74, 6) is -0.210. The van der Waals surface area contributed by atoms with Crippen LogP contribution in [0.2, 0.25) is 10.0 Å². The van der Waals surface area contributed by atoms with Crippen molar-refractivity contribution in [3.05, 3.63) is 68.1 Å². The Labute approximate surface area is 157 Å². The second-order valence-corrected chi connectivity index (χ2v) is 6.81. The molecule has 0 saturated carbocycles. The van der Waals surface area contributed by atoms with E-state index in [4.69, 9.17) is 23.2 Å². The summed E-state index contributed by atoms with van der Waals surface area (Å²) in [6, 6.07) is 8.08. The molecule has 2 rings (SSSR count). The van der Waals surface area contributed by atoms with E-state index < -0.39 is 0 Å². The molecule has 134 valence electrons. The summed E-state index contributed by atoms with van der Waals surface area (Å²) in [6.07, 6.45) is 2.39. The monoisotopic (exact) mass is 381 g/mol. The number of halogens is 2. The van der Waals surface area contributed by atoms with Crippen LogP contribution >= 0.6 is 23.2 Å². The van der Waals surface area contributed by atoms with Crippen LogP contribution in [0.1, 0.15) is 22.3 Å². The van der Waals surface area contributed by atoms with Crippen LogP contribution in [0.15, 0.2) is 41.3 Å². The van der Waals surface area contributed by atoms with Gasteiger partial charge in [0.1, 0.15) is 0 Å². The van der Waals surface area contributed by atoms with Crippen LogP contribution in [0.25, 0.3) is 0 Å². The Balaban J connectivity index is 2.12. The van der Waals surface area contributed by atoms with Gasteiger partial charge in [0.2, 0.25) is 0 Å². The van der Waals surface area contributed by atoms with Crippen LogP contribution in [-0.4, -0.2) is 42.6 Å². The van der Waals surface area contributed by atoms with Crippen molar-refractivity contribution in [1.82, 2.24) is 14.8 Å². The molecule has 0 radical (unpaired) electrons. The number of amides is 1. The Kier molecular flexibility index (Phi) is 7.05. The maximum atomic E-state index is 12.2. The molecule has 0 spiro atoms. The molecule has 2 aromatic rings. The van der Waals surface area contributed by atoms with E-state index in [9.17, 15) is 9.59 Å². The van der Waals surface area contributed by atoms with Crippen molar-refractivity contribution in [2.75, 3.05) is 27.2 Å². The van der Waals surface area contributed by atoms with Crippen LogP contribution in [0.4, 0.5) is 0 Å². The summed E-state index contributed by atoms with van der Waals surface area (Å²) in [4.78, 5) is 26.4. The minimum Gasteiger partial charge on any atom is -0.352 e. The lowest BCUT2D eigenvalue weighted by molar-refractivity contribution is 0.0951. The maximum absolute atomic E-state index is 12.2. The van der Waals surface area contributed by atoms with E-state index in [0.717, 1.165) is 13.0 Å². The van der Waals surface area contributed by atoms with Crippen molar-refractivity contribution < 1.29 is 4.79 Å². The normalized spacial score (nSPS) is 10.9. The zero-order chi connectivity index (χ0) is 18.4. The average Bonchev–Trinajstić information content (AvgIpc) is 2.56. The van der Waals surface area contributed by atoms with Crippen molar-refractivity contribution in [3.63, 3.8) is 0 Å². The molecule has 0 aliphatic heterocycles. The molecule has 0 aliphatic carbocycles. The molecule has 0 atom stereocenters. The third kappa shape index (κ3) is 5.59. The van der Waals surface area contributed by atoms with Gasteiger partial charge in [0, 0.05) is 34.4 Å². The zero-order valence-corrected chi connectivity index (χ0v) is 15.8. The number of hydrogen-bond donors (Lipinski definition) is 1. The van der Waals surface area contributed by atoms with Gasteiger partial charge in [-0.05, 0) is 45.3 Å². The first-order valence-corrected chi connectivity index (χ1v) is 8.70. The molecule has 0 unspecified atom stereocenters. The number of aromatic nitrogens is 1. The van der Waals surface area contributed by atoms with Gasteiger partial charge in [0.15, 0.2) is 0 Å². The van der Waals surface area contributed by atoms with Crippen molar-refractivity contribution in [2.45, 2.75) is 13.0 Å². The molecular weight excluding hydrogens is 361 g/mol. The first kappa shape index (κ1) is 19.5. The van der Waals surface area contributed by atoms with Gasteiger partial charge in [0.05, 0.1) is 12.1 Å². The molecule has 1 aromatic heterocycles. The highest BCUT2D eigenvalue weighted by atomic mass is 35.5. The number of rotatable bonds is 7. The third-order valence-corrected chi connectivity index (χ3v) is 4.41. The quantitative estimate of drug-likeness (QED) is 0.750. The molecule has 5 nitrogen and oxygen atoms in total. The second kappa shape index (κ2) is 9.04. The minimum absolute atomic E-state index is 0.207.